The van der Waals surface area contributed by atoms with Gasteiger partial charge in [-0.05, 0) is 24.3 Å². The van der Waals surface area contributed by atoms with Gasteiger partial charge in [-0.15, -0.1) is 0 Å². The second-order valence-corrected chi connectivity index (χ2v) is 4.96. The molecule has 1 amide bonds. The molecule has 1 unspecified atom stereocenters. The highest BCUT2D eigenvalue weighted by Gasteiger charge is 2.10. The minimum atomic E-state index is 0.0124. The highest BCUT2D eigenvalue weighted by Crippen LogP contribution is 2.07. The number of hydrogen-bond acceptors (Lipinski definition) is 2. The van der Waals surface area contributed by atoms with Crippen molar-refractivity contribution in [2.24, 2.45) is 0 Å². The molecule has 2 aromatic carbocycles. The number of likely N-dealkylation sites (N-methyl/N-ethyl adjacent to an activating group) is 1. The Labute approximate surface area is 125 Å². The molecular formula is C17H21N2O2+. The van der Waals surface area contributed by atoms with Crippen molar-refractivity contribution in [1.82, 2.24) is 0 Å². The van der Waals surface area contributed by atoms with Crippen LogP contribution in [-0.4, -0.2) is 32.7 Å². The lowest BCUT2D eigenvalue weighted by Crippen LogP contribution is -3.10. The Morgan fingerprint density at radius 2 is 1.67 bits per heavy atom. The fraction of sp³-hybridized carbons (Fsp3) is 0.235. The molecule has 0 radical (unpaired) electrons. The van der Waals surface area contributed by atoms with Gasteiger partial charge in [-0.25, -0.2) is 0 Å². The summed E-state index contributed by atoms with van der Waals surface area (Å²) in [6.45, 7) is 1.79. The van der Waals surface area contributed by atoms with Crippen molar-refractivity contribution in [2.75, 3.05) is 32.1 Å². The predicted molar refractivity (Wildman–Crippen MR) is 83.6 cm³/mol. The maximum atomic E-state index is 11.9. The van der Waals surface area contributed by atoms with Gasteiger partial charge in [-0.3, -0.25) is 4.79 Å². The van der Waals surface area contributed by atoms with Crippen LogP contribution in [0.2, 0.25) is 0 Å². The number of benzene rings is 2. The van der Waals surface area contributed by atoms with Gasteiger partial charge in [-0.1, -0.05) is 36.4 Å². The van der Waals surface area contributed by atoms with E-state index >= 15 is 0 Å². The van der Waals surface area contributed by atoms with E-state index in [0.717, 1.165) is 22.9 Å². The fourth-order valence-electron chi connectivity index (χ4n) is 1.95. The van der Waals surface area contributed by atoms with Crippen molar-refractivity contribution < 1.29 is 14.4 Å². The van der Waals surface area contributed by atoms with Gasteiger partial charge in [-0.2, -0.15) is 0 Å². The molecule has 0 saturated heterocycles. The largest absolute Gasteiger partial charge is 0.488 e. The smallest absolute Gasteiger partial charge is 0.279 e. The van der Waals surface area contributed by atoms with Crippen molar-refractivity contribution in [2.45, 2.75) is 0 Å². The summed E-state index contributed by atoms with van der Waals surface area (Å²) in [4.78, 5) is 13.0. The Kier molecular flexibility index (Phi) is 5.79. The first kappa shape index (κ1) is 15.1. The molecule has 0 bridgehead atoms. The van der Waals surface area contributed by atoms with E-state index in [4.69, 9.17) is 4.74 Å². The van der Waals surface area contributed by atoms with Crippen LogP contribution in [0.1, 0.15) is 0 Å². The van der Waals surface area contributed by atoms with Crippen LogP contribution < -0.4 is 15.0 Å². The van der Waals surface area contributed by atoms with Gasteiger partial charge in [0.2, 0.25) is 0 Å². The summed E-state index contributed by atoms with van der Waals surface area (Å²) >= 11 is 0. The lowest BCUT2D eigenvalue weighted by atomic mass is 10.3. The summed E-state index contributed by atoms with van der Waals surface area (Å²) in [6.07, 6.45) is 0. The minimum Gasteiger partial charge on any atom is -0.488 e. The van der Waals surface area contributed by atoms with Crippen LogP contribution in [0.25, 0.3) is 0 Å². The Morgan fingerprint density at radius 3 is 2.33 bits per heavy atom. The SMILES string of the molecule is C[NH+](CCOc1ccccc1)CC(=O)Nc1ccccc1. The first-order chi connectivity index (χ1) is 10.2. The summed E-state index contributed by atoms with van der Waals surface area (Å²) in [5.41, 5.74) is 0.829. The molecule has 0 aliphatic heterocycles. The topological polar surface area (TPSA) is 42.8 Å². The van der Waals surface area contributed by atoms with Gasteiger partial charge in [0, 0.05) is 5.69 Å². The lowest BCUT2D eigenvalue weighted by Gasteiger charge is -2.14. The van der Waals surface area contributed by atoms with E-state index in [2.05, 4.69) is 5.32 Å². The van der Waals surface area contributed by atoms with Crippen LogP contribution in [0.5, 0.6) is 5.75 Å². The van der Waals surface area contributed by atoms with Gasteiger partial charge >= 0.3 is 0 Å². The molecule has 110 valence electrons. The number of carbonyl (C=O) groups is 1. The summed E-state index contributed by atoms with van der Waals surface area (Å²) < 4.78 is 5.62. The van der Waals surface area contributed by atoms with E-state index in [0.29, 0.717) is 13.2 Å². The average Bonchev–Trinajstić information content (AvgIpc) is 2.49. The Bertz CT molecular complexity index is 543. The fourth-order valence-corrected chi connectivity index (χ4v) is 1.95. The summed E-state index contributed by atoms with van der Waals surface area (Å²) in [6, 6.07) is 19.2. The van der Waals surface area contributed by atoms with E-state index in [9.17, 15) is 4.79 Å². The molecule has 1 atom stereocenters. The second-order valence-electron chi connectivity index (χ2n) is 4.96. The van der Waals surface area contributed by atoms with Crippen LogP contribution in [0, 0.1) is 0 Å². The maximum Gasteiger partial charge on any atom is 0.279 e. The first-order valence-corrected chi connectivity index (χ1v) is 7.08. The van der Waals surface area contributed by atoms with Crippen LogP contribution in [0.4, 0.5) is 5.69 Å². The average molecular weight is 285 g/mol. The van der Waals surface area contributed by atoms with Crippen LogP contribution >= 0.6 is 0 Å². The molecule has 2 N–H and O–H groups in total. The summed E-state index contributed by atoms with van der Waals surface area (Å²) in [5.74, 6) is 0.873. The number of amides is 1. The van der Waals surface area contributed by atoms with Gasteiger partial charge in [0.25, 0.3) is 5.91 Å². The quantitative estimate of drug-likeness (QED) is 0.803. The van der Waals surface area contributed by atoms with Crippen molar-refractivity contribution in [1.29, 1.82) is 0 Å². The molecule has 2 rings (SSSR count). The summed E-state index contributed by atoms with van der Waals surface area (Å²) in [7, 11) is 1.99. The molecular weight excluding hydrogens is 264 g/mol. The van der Waals surface area contributed by atoms with Crippen molar-refractivity contribution >= 4 is 11.6 Å². The highest BCUT2D eigenvalue weighted by atomic mass is 16.5. The third-order valence-electron chi connectivity index (χ3n) is 3.06. The standard InChI is InChI=1S/C17H20N2O2/c1-19(12-13-21-16-10-6-3-7-11-16)14-17(20)18-15-8-4-2-5-9-15/h2-11H,12-14H2,1H3,(H,18,20)/p+1. The van der Waals surface area contributed by atoms with E-state index < -0.39 is 0 Å². The van der Waals surface area contributed by atoms with Crippen LogP contribution in [0.3, 0.4) is 0 Å². The summed E-state index contributed by atoms with van der Waals surface area (Å²) in [5, 5.41) is 2.88. The van der Waals surface area contributed by atoms with Gasteiger partial charge in [0.1, 0.15) is 18.9 Å². The highest BCUT2D eigenvalue weighted by molar-refractivity contribution is 5.91. The number of para-hydroxylation sites is 2. The molecule has 0 aliphatic carbocycles. The number of carbonyl (C=O) groups excluding carboxylic acids is 1. The molecule has 0 spiro atoms. The molecule has 2 aromatic rings. The Balaban J connectivity index is 1.67. The van der Waals surface area contributed by atoms with E-state index in [-0.39, 0.29) is 5.91 Å². The monoisotopic (exact) mass is 285 g/mol. The van der Waals surface area contributed by atoms with Crippen molar-refractivity contribution in [3.63, 3.8) is 0 Å². The number of anilines is 1. The second kappa shape index (κ2) is 8.07. The normalized spacial score (nSPS) is 11.7. The Hall–Kier alpha value is -2.33. The van der Waals surface area contributed by atoms with Gasteiger partial charge in [0.15, 0.2) is 6.54 Å². The number of nitrogens with one attached hydrogen (secondary N) is 2. The molecule has 0 fully saturated rings. The van der Waals surface area contributed by atoms with Crippen LogP contribution in [0.15, 0.2) is 60.7 Å². The van der Waals surface area contributed by atoms with Crippen molar-refractivity contribution in [3.8, 4) is 5.75 Å². The molecule has 21 heavy (non-hydrogen) atoms. The molecule has 4 nitrogen and oxygen atoms in total. The zero-order chi connectivity index (χ0) is 14.9. The zero-order valence-electron chi connectivity index (χ0n) is 12.2. The molecule has 4 heteroatoms. The number of rotatable bonds is 7. The number of hydrogen-bond donors (Lipinski definition) is 2. The third kappa shape index (κ3) is 5.67. The molecule has 0 heterocycles. The zero-order valence-corrected chi connectivity index (χ0v) is 12.2. The lowest BCUT2D eigenvalue weighted by molar-refractivity contribution is -0.871. The third-order valence-corrected chi connectivity index (χ3v) is 3.06. The van der Waals surface area contributed by atoms with E-state index in [1.807, 2.05) is 67.7 Å². The number of ether oxygens (including phenoxy) is 1. The molecule has 0 aromatic heterocycles. The minimum absolute atomic E-state index is 0.0124. The maximum absolute atomic E-state index is 11.9. The molecule has 0 saturated carbocycles. The molecule has 0 aliphatic rings. The first-order valence-electron chi connectivity index (χ1n) is 7.08. The van der Waals surface area contributed by atoms with Crippen molar-refractivity contribution in [3.05, 3.63) is 60.7 Å². The van der Waals surface area contributed by atoms with E-state index in [1.54, 1.807) is 0 Å². The van der Waals surface area contributed by atoms with Gasteiger partial charge < -0.3 is 15.0 Å². The predicted octanol–water partition coefficient (Wildman–Crippen LogP) is 1.22. The van der Waals surface area contributed by atoms with Crippen LogP contribution in [-0.2, 0) is 4.79 Å². The number of quaternary nitrogens is 1. The van der Waals surface area contributed by atoms with E-state index in [1.165, 1.54) is 0 Å². The van der Waals surface area contributed by atoms with Gasteiger partial charge in [0.05, 0.1) is 7.05 Å². The Morgan fingerprint density at radius 1 is 1.05 bits per heavy atom.